The highest BCUT2D eigenvalue weighted by Gasteiger charge is 2.31. The van der Waals surface area contributed by atoms with E-state index in [-0.39, 0.29) is 11.3 Å². The van der Waals surface area contributed by atoms with Gasteiger partial charge in [0.05, 0.1) is 10.9 Å². The second-order valence-corrected chi connectivity index (χ2v) is 9.94. The van der Waals surface area contributed by atoms with Gasteiger partial charge in [-0.25, -0.2) is 17.1 Å². The molecule has 1 atom stereocenters. The Hall–Kier alpha value is -2.88. The van der Waals surface area contributed by atoms with Crippen molar-refractivity contribution in [2.45, 2.75) is 24.3 Å². The number of rotatable bonds is 6. The maximum Gasteiger partial charge on any atom is 0.271 e. The summed E-state index contributed by atoms with van der Waals surface area (Å²) in [4.78, 5) is 0.132. The Morgan fingerprint density at radius 3 is 2.23 bits per heavy atom. The molecule has 0 aliphatic rings. The predicted molar refractivity (Wildman–Crippen MR) is 125 cm³/mol. The molecule has 0 heterocycles. The van der Waals surface area contributed by atoms with Gasteiger partial charge < -0.3 is 0 Å². The van der Waals surface area contributed by atoms with Gasteiger partial charge in [-0.3, -0.25) is 0 Å². The summed E-state index contributed by atoms with van der Waals surface area (Å²) in [6, 6.07) is 23.6. The molecule has 0 bridgehead atoms. The van der Waals surface area contributed by atoms with Crippen LogP contribution in [0, 0.1) is 24.7 Å². The van der Waals surface area contributed by atoms with Crippen LogP contribution in [-0.2, 0) is 10.0 Å². The lowest BCUT2D eigenvalue weighted by Gasteiger charge is -2.28. The van der Waals surface area contributed by atoms with E-state index in [2.05, 4.69) is 34.5 Å². The van der Waals surface area contributed by atoms with Crippen molar-refractivity contribution in [3.8, 4) is 12.0 Å². The van der Waals surface area contributed by atoms with E-state index in [1.54, 1.807) is 48.5 Å². The number of benzene rings is 3. The lowest BCUT2D eigenvalue weighted by atomic mass is 10.0. The van der Waals surface area contributed by atoms with Gasteiger partial charge in [0.15, 0.2) is 0 Å². The first kappa shape index (κ1) is 22.8. The molecule has 1 unspecified atom stereocenters. The molecule has 3 aromatic rings. The summed E-state index contributed by atoms with van der Waals surface area (Å²) < 4.78 is 42.5. The zero-order valence-corrected chi connectivity index (χ0v) is 19.3. The minimum atomic E-state index is -3.99. The molecule has 3 aromatic carbocycles. The Balaban J connectivity index is 2.17. The van der Waals surface area contributed by atoms with Crippen molar-refractivity contribution < 1.29 is 12.8 Å². The van der Waals surface area contributed by atoms with Crippen LogP contribution in [0.25, 0.3) is 0 Å². The van der Waals surface area contributed by atoms with Gasteiger partial charge in [0.1, 0.15) is 5.82 Å². The van der Waals surface area contributed by atoms with Crippen LogP contribution in [-0.4, -0.2) is 12.7 Å². The monoisotopic (exact) mass is 497 g/mol. The maximum absolute atomic E-state index is 13.6. The lowest BCUT2D eigenvalue weighted by molar-refractivity contribution is 0.423. The van der Waals surface area contributed by atoms with Gasteiger partial charge in [-0.15, -0.1) is 0 Å². The van der Waals surface area contributed by atoms with E-state index in [4.69, 9.17) is 0 Å². The van der Waals surface area contributed by atoms with Crippen LogP contribution in [0.3, 0.4) is 0 Å². The third-order valence-electron chi connectivity index (χ3n) is 4.61. The van der Waals surface area contributed by atoms with E-state index in [0.29, 0.717) is 15.6 Å². The molecule has 0 aromatic heterocycles. The van der Waals surface area contributed by atoms with Crippen molar-refractivity contribution in [2.24, 2.45) is 0 Å². The molecule has 0 saturated carbocycles. The van der Waals surface area contributed by atoms with E-state index in [1.807, 2.05) is 25.1 Å². The first-order valence-electron chi connectivity index (χ1n) is 9.54. The number of hydrogen-bond donors (Lipinski definition) is 0. The molecule has 0 aliphatic heterocycles. The molecule has 31 heavy (non-hydrogen) atoms. The molecule has 0 N–H and O–H groups in total. The summed E-state index contributed by atoms with van der Waals surface area (Å²) in [7, 11) is -3.99. The van der Waals surface area contributed by atoms with Crippen molar-refractivity contribution in [3.05, 3.63) is 112 Å². The smallest absolute Gasteiger partial charge is 0.216 e. The summed E-state index contributed by atoms with van der Waals surface area (Å²) in [5, 5.41) is 0. The molecule has 6 heteroatoms. The van der Waals surface area contributed by atoms with Crippen molar-refractivity contribution >= 4 is 26.0 Å². The summed E-state index contributed by atoms with van der Waals surface area (Å²) in [5.41, 5.74) is 2.24. The predicted octanol–water partition coefficient (Wildman–Crippen LogP) is 6.17. The fourth-order valence-electron chi connectivity index (χ4n) is 3.00. The minimum Gasteiger partial charge on any atom is -0.216 e. The summed E-state index contributed by atoms with van der Waals surface area (Å²) >= 11 is 3.35. The second-order valence-electron chi connectivity index (χ2n) is 7.01. The number of nitrogens with zero attached hydrogens (tertiary/aromatic N) is 1. The van der Waals surface area contributed by atoms with Gasteiger partial charge in [-0.2, -0.15) is 0 Å². The van der Waals surface area contributed by atoms with Gasteiger partial charge in [-0.1, -0.05) is 70.5 Å². The zero-order valence-electron chi connectivity index (χ0n) is 16.9. The SMILES string of the molecule is C=C(Br)CC(c1ccc(F)cc1)N(C#Cc1ccccc1)S(=O)(=O)c1ccc(C)cc1. The Morgan fingerprint density at radius 1 is 1.03 bits per heavy atom. The van der Waals surface area contributed by atoms with Crippen LogP contribution in [0.5, 0.6) is 0 Å². The quantitative estimate of drug-likeness (QED) is 0.301. The molecule has 3 rings (SSSR count). The average Bonchev–Trinajstić information content (AvgIpc) is 2.74. The fraction of sp³-hybridized carbons (Fsp3) is 0.120. The van der Waals surface area contributed by atoms with Crippen LogP contribution in [0.15, 0.2) is 94.8 Å². The van der Waals surface area contributed by atoms with E-state index in [9.17, 15) is 12.8 Å². The van der Waals surface area contributed by atoms with Gasteiger partial charge in [-0.05, 0) is 59.3 Å². The first-order valence-corrected chi connectivity index (χ1v) is 11.8. The van der Waals surface area contributed by atoms with Crippen LogP contribution in [0.4, 0.5) is 4.39 Å². The highest BCUT2D eigenvalue weighted by molar-refractivity contribution is 9.11. The third kappa shape index (κ3) is 5.84. The zero-order chi connectivity index (χ0) is 22.4. The van der Waals surface area contributed by atoms with Crippen molar-refractivity contribution in [1.29, 1.82) is 0 Å². The molecular weight excluding hydrogens is 477 g/mol. The summed E-state index contributed by atoms with van der Waals surface area (Å²) in [5.74, 6) is 2.55. The Kier molecular flexibility index (Phi) is 7.32. The second kappa shape index (κ2) is 9.95. The van der Waals surface area contributed by atoms with E-state index >= 15 is 0 Å². The molecule has 0 spiro atoms. The van der Waals surface area contributed by atoms with E-state index in [1.165, 1.54) is 12.1 Å². The number of halogens is 2. The van der Waals surface area contributed by atoms with E-state index in [0.717, 1.165) is 9.87 Å². The molecular formula is C25H21BrFNO2S. The Morgan fingerprint density at radius 2 is 1.65 bits per heavy atom. The molecule has 0 fully saturated rings. The van der Waals surface area contributed by atoms with Gasteiger partial charge >= 0.3 is 0 Å². The molecule has 158 valence electrons. The molecule has 0 aliphatic carbocycles. The number of sulfonamides is 1. The van der Waals surface area contributed by atoms with Gasteiger partial charge in [0.25, 0.3) is 10.0 Å². The Bertz CT molecular complexity index is 1210. The highest BCUT2D eigenvalue weighted by atomic mass is 79.9. The van der Waals surface area contributed by atoms with E-state index < -0.39 is 21.9 Å². The Labute approximate surface area is 191 Å². The molecule has 0 saturated heterocycles. The van der Waals surface area contributed by atoms with Gasteiger partial charge in [0.2, 0.25) is 0 Å². The number of hydrogen-bond acceptors (Lipinski definition) is 2. The average molecular weight is 498 g/mol. The van der Waals surface area contributed by atoms with Crippen LogP contribution >= 0.6 is 15.9 Å². The normalized spacial score (nSPS) is 11.8. The van der Waals surface area contributed by atoms with Crippen molar-refractivity contribution in [2.75, 3.05) is 0 Å². The number of aryl methyl sites for hydroxylation is 1. The lowest BCUT2D eigenvalue weighted by Crippen LogP contribution is -2.31. The fourth-order valence-corrected chi connectivity index (χ4v) is 4.71. The standard InChI is InChI=1S/C25H21BrFNO2S/c1-19-8-14-24(15-9-19)31(29,30)28(17-16-21-6-4-3-5-7-21)25(18-20(2)26)22-10-12-23(27)13-11-22/h3-15,25H,2,18H2,1H3. The molecule has 0 amide bonds. The largest absolute Gasteiger partial charge is 0.271 e. The molecule has 0 radical (unpaired) electrons. The topological polar surface area (TPSA) is 37.4 Å². The first-order chi connectivity index (χ1) is 14.8. The minimum absolute atomic E-state index is 0.132. The summed E-state index contributed by atoms with van der Waals surface area (Å²) in [6.07, 6.45) is 0.264. The highest BCUT2D eigenvalue weighted by Crippen LogP contribution is 2.33. The van der Waals surface area contributed by atoms with Crippen LogP contribution in [0.2, 0.25) is 0 Å². The van der Waals surface area contributed by atoms with Gasteiger partial charge in [0, 0.05) is 18.0 Å². The summed E-state index contributed by atoms with van der Waals surface area (Å²) in [6.45, 7) is 5.77. The van der Waals surface area contributed by atoms with Crippen molar-refractivity contribution in [1.82, 2.24) is 4.31 Å². The third-order valence-corrected chi connectivity index (χ3v) is 6.67. The van der Waals surface area contributed by atoms with Crippen molar-refractivity contribution in [3.63, 3.8) is 0 Å². The maximum atomic E-state index is 13.6. The van der Waals surface area contributed by atoms with Crippen LogP contribution in [0.1, 0.15) is 29.2 Å². The van der Waals surface area contributed by atoms with Crippen LogP contribution < -0.4 is 0 Å². The molecule has 3 nitrogen and oxygen atoms in total.